The maximum absolute atomic E-state index is 12.5. The lowest BCUT2D eigenvalue weighted by molar-refractivity contribution is 0.188. The third-order valence-corrected chi connectivity index (χ3v) is 3.22. The van der Waals surface area contributed by atoms with Gasteiger partial charge in [0.15, 0.2) is 0 Å². The fourth-order valence-corrected chi connectivity index (χ4v) is 2.10. The van der Waals surface area contributed by atoms with Crippen molar-refractivity contribution >= 4 is 10.9 Å². The molecule has 2 aromatic rings. The van der Waals surface area contributed by atoms with Crippen molar-refractivity contribution in [2.24, 2.45) is 0 Å². The molecule has 0 unspecified atom stereocenters. The molecule has 0 saturated heterocycles. The van der Waals surface area contributed by atoms with Gasteiger partial charge in [-0.1, -0.05) is 0 Å². The van der Waals surface area contributed by atoms with Crippen LogP contribution in [0.3, 0.4) is 0 Å². The number of fused-ring (bicyclic) bond motifs is 1. The average molecular weight is 263 g/mol. The van der Waals surface area contributed by atoms with Crippen LogP contribution in [-0.2, 0) is 17.8 Å². The molecule has 5 nitrogen and oxygen atoms in total. The Balaban J connectivity index is 2.35. The van der Waals surface area contributed by atoms with Crippen molar-refractivity contribution in [1.82, 2.24) is 14.0 Å². The van der Waals surface area contributed by atoms with Gasteiger partial charge in [-0.15, -0.1) is 0 Å². The number of rotatable bonds is 6. The van der Waals surface area contributed by atoms with Gasteiger partial charge in [-0.05, 0) is 26.2 Å². The van der Waals surface area contributed by atoms with E-state index >= 15 is 0 Å². The smallest absolute Gasteiger partial charge is 0.275 e. The molecule has 2 heterocycles. The van der Waals surface area contributed by atoms with Gasteiger partial charge in [0.05, 0.1) is 6.61 Å². The number of hydrogen-bond acceptors (Lipinski definition) is 3. The van der Waals surface area contributed by atoms with Gasteiger partial charge < -0.3 is 18.8 Å². The van der Waals surface area contributed by atoms with Crippen LogP contribution in [0.4, 0.5) is 0 Å². The third-order valence-electron chi connectivity index (χ3n) is 3.22. The molecule has 0 atom stereocenters. The molecule has 0 amide bonds. The Morgan fingerprint density at radius 2 is 1.84 bits per heavy atom. The summed E-state index contributed by atoms with van der Waals surface area (Å²) >= 11 is 0. The highest BCUT2D eigenvalue weighted by Crippen LogP contribution is 2.11. The molecule has 0 N–H and O–H groups in total. The Kier molecular flexibility index (Phi) is 4.39. The van der Waals surface area contributed by atoms with Crippen molar-refractivity contribution in [3.05, 3.63) is 34.9 Å². The van der Waals surface area contributed by atoms with Crippen LogP contribution in [0, 0.1) is 0 Å². The number of pyridine rings is 1. The van der Waals surface area contributed by atoms with E-state index in [1.54, 1.807) is 11.7 Å². The van der Waals surface area contributed by atoms with Crippen molar-refractivity contribution in [3.63, 3.8) is 0 Å². The van der Waals surface area contributed by atoms with Crippen LogP contribution in [0.5, 0.6) is 0 Å². The van der Waals surface area contributed by atoms with Crippen LogP contribution < -0.4 is 5.56 Å². The summed E-state index contributed by atoms with van der Waals surface area (Å²) in [5, 5.41) is 0.988. The van der Waals surface area contributed by atoms with Gasteiger partial charge in [-0.3, -0.25) is 4.79 Å². The Morgan fingerprint density at radius 3 is 2.47 bits per heavy atom. The van der Waals surface area contributed by atoms with Crippen LogP contribution in [0.2, 0.25) is 0 Å². The van der Waals surface area contributed by atoms with Gasteiger partial charge in [-0.2, -0.15) is 0 Å². The predicted octanol–water partition coefficient (Wildman–Crippen LogP) is 1.01. The Labute approximate surface area is 113 Å². The van der Waals surface area contributed by atoms with E-state index in [2.05, 4.69) is 4.90 Å². The Hall–Kier alpha value is -1.59. The summed E-state index contributed by atoms with van der Waals surface area (Å²) in [5.41, 5.74) is 0.832. The highest BCUT2D eigenvalue weighted by molar-refractivity contribution is 5.78. The molecule has 0 spiro atoms. The SMILES string of the molecule is COCCn1ccc2ccn(CCN(C)C)c(=O)c21. The lowest BCUT2D eigenvalue weighted by Gasteiger charge is -2.12. The second kappa shape index (κ2) is 6.04. The van der Waals surface area contributed by atoms with Crippen molar-refractivity contribution in [2.75, 3.05) is 34.4 Å². The van der Waals surface area contributed by atoms with Gasteiger partial charge >= 0.3 is 0 Å². The van der Waals surface area contributed by atoms with Crippen LogP contribution >= 0.6 is 0 Å². The minimum atomic E-state index is 0.0699. The maximum atomic E-state index is 12.5. The lowest BCUT2D eigenvalue weighted by Crippen LogP contribution is -2.27. The molecule has 0 aliphatic rings. The minimum Gasteiger partial charge on any atom is -0.383 e. The summed E-state index contributed by atoms with van der Waals surface area (Å²) in [6.07, 6.45) is 3.82. The maximum Gasteiger partial charge on any atom is 0.275 e. The second-order valence-corrected chi connectivity index (χ2v) is 4.92. The normalized spacial score (nSPS) is 11.6. The standard InChI is InChI=1S/C14H21N3O2/c1-15(2)8-9-17-7-5-12-4-6-16(10-11-19-3)13(12)14(17)18/h4-7H,8-11H2,1-3H3. The van der Waals surface area contributed by atoms with E-state index in [0.717, 1.165) is 17.4 Å². The van der Waals surface area contributed by atoms with Gasteiger partial charge in [0.25, 0.3) is 5.56 Å². The summed E-state index contributed by atoms with van der Waals surface area (Å²) in [6, 6.07) is 3.97. The first-order valence-corrected chi connectivity index (χ1v) is 6.45. The van der Waals surface area contributed by atoms with E-state index in [9.17, 15) is 4.79 Å². The zero-order valence-electron chi connectivity index (χ0n) is 11.8. The van der Waals surface area contributed by atoms with Gasteiger partial charge in [0.1, 0.15) is 5.52 Å². The van der Waals surface area contributed by atoms with Crippen LogP contribution in [0.15, 0.2) is 29.3 Å². The second-order valence-electron chi connectivity index (χ2n) is 4.92. The summed E-state index contributed by atoms with van der Waals surface area (Å²) in [4.78, 5) is 14.5. The quantitative estimate of drug-likeness (QED) is 0.781. The topological polar surface area (TPSA) is 39.4 Å². The molecule has 0 aliphatic heterocycles. The first-order valence-electron chi connectivity index (χ1n) is 6.45. The van der Waals surface area contributed by atoms with Crippen LogP contribution in [0.25, 0.3) is 10.9 Å². The number of hydrogen-bond donors (Lipinski definition) is 0. The van der Waals surface area contributed by atoms with E-state index in [0.29, 0.717) is 19.7 Å². The summed E-state index contributed by atoms with van der Waals surface area (Å²) in [5.74, 6) is 0. The van der Waals surface area contributed by atoms with E-state index in [1.165, 1.54) is 0 Å². The van der Waals surface area contributed by atoms with Crippen molar-refractivity contribution in [2.45, 2.75) is 13.1 Å². The number of nitrogens with zero attached hydrogens (tertiary/aromatic N) is 3. The van der Waals surface area contributed by atoms with Crippen molar-refractivity contribution in [1.29, 1.82) is 0 Å². The van der Waals surface area contributed by atoms with Crippen LogP contribution in [-0.4, -0.2) is 48.4 Å². The molecular weight excluding hydrogens is 242 g/mol. The largest absolute Gasteiger partial charge is 0.383 e. The van der Waals surface area contributed by atoms with E-state index in [4.69, 9.17) is 4.74 Å². The highest BCUT2D eigenvalue weighted by Gasteiger charge is 2.08. The Morgan fingerprint density at radius 1 is 1.16 bits per heavy atom. The monoisotopic (exact) mass is 263 g/mol. The molecule has 0 aromatic carbocycles. The summed E-state index contributed by atoms with van der Waals surface area (Å²) in [7, 11) is 5.68. The zero-order valence-corrected chi connectivity index (χ0v) is 11.8. The van der Waals surface area contributed by atoms with Crippen molar-refractivity contribution < 1.29 is 4.74 Å². The van der Waals surface area contributed by atoms with Gasteiger partial charge in [-0.25, -0.2) is 0 Å². The van der Waals surface area contributed by atoms with E-state index < -0.39 is 0 Å². The van der Waals surface area contributed by atoms with Gasteiger partial charge in [0, 0.05) is 44.5 Å². The average Bonchev–Trinajstić information content (AvgIpc) is 2.79. The molecule has 2 aromatic heterocycles. The minimum absolute atomic E-state index is 0.0699. The Bertz CT molecular complexity index is 598. The molecule has 104 valence electrons. The fourth-order valence-electron chi connectivity index (χ4n) is 2.10. The number of aromatic nitrogens is 2. The third kappa shape index (κ3) is 3.05. The van der Waals surface area contributed by atoms with E-state index in [1.807, 2.05) is 43.2 Å². The molecule has 0 radical (unpaired) electrons. The van der Waals surface area contributed by atoms with E-state index in [-0.39, 0.29) is 5.56 Å². The molecule has 0 bridgehead atoms. The summed E-state index contributed by atoms with van der Waals surface area (Å²) in [6.45, 7) is 2.87. The molecule has 19 heavy (non-hydrogen) atoms. The fraction of sp³-hybridized carbons (Fsp3) is 0.500. The molecular formula is C14H21N3O2. The molecule has 0 fully saturated rings. The first-order chi connectivity index (χ1) is 9.13. The molecule has 2 rings (SSSR count). The predicted molar refractivity (Wildman–Crippen MR) is 76.6 cm³/mol. The number of ether oxygens (including phenoxy) is 1. The summed E-state index contributed by atoms with van der Waals surface area (Å²) < 4.78 is 8.81. The number of methoxy groups -OCH3 is 1. The molecule has 0 saturated carbocycles. The first kappa shape index (κ1) is 13.8. The molecule has 5 heteroatoms. The van der Waals surface area contributed by atoms with Gasteiger partial charge in [0.2, 0.25) is 0 Å². The van der Waals surface area contributed by atoms with Crippen LogP contribution in [0.1, 0.15) is 0 Å². The lowest BCUT2D eigenvalue weighted by atomic mass is 10.3. The zero-order chi connectivity index (χ0) is 13.8. The highest BCUT2D eigenvalue weighted by atomic mass is 16.5. The molecule has 0 aliphatic carbocycles. The number of likely N-dealkylation sites (N-methyl/N-ethyl adjacent to an activating group) is 1. The van der Waals surface area contributed by atoms with Crippen molar-refractivity contribution in [3.8, 4) is 0 Å².